The molecule has 0 spiro atoms. The number of pyridine rings is 1. The summed E-state index contributed by atoms with van der Waals surface area (Å²) in [4.78, 5) is 20.5. The molecule has 2 N–H and O–H groups in total. The highest BCUT2D eigenvalue weighted by atomic mass is 16.5. The molecule has 0 amide bonds. The number of hydrogen-bond donors (Lipinski definition) is 1. The number of benzene rings is 1. The van der Waals surface area contributed by atoms with Crippen LogP contribution in [0.2, 0.25) is 0 Å². The van der Waals surface area contributed by atoms with Gasteiger partial charge in [0.25, 0.3) is 0 Å². The summed E-state index contributed by atoms with van der Waals surface area (Å²) in [6, 6.07) is 9.75. The number of carbonyl (C=O) groups is 1. The van der Waals surface area contributed by atoms with Crippen LogP contribution in [-0.4, -0.2) is 23.4 Å². The number of hydrogen-bond acceptors (Lipinski definition) is 5. The first-order chi connectivity index (χ1) is 11.2. The van der Waals surface area contributed by atoms with E-state index in [2.05, 4.69) is 9.98 Å². The van der Waals surface area contributed by atoms with E-state index < -0.39 is 0 Å². The molecule has 0 radical (unpaired) electrons. The molecule has 0 fully saturated rings. The molecule has 0 bridgehead atoms. The third kappa shape index (κ3) is 3.29. The number of carbonyl (C=O) groups excluding carboxylic acids is 1. The van der Waals surface area contributed by atoms with Crippen molar-refractivity contribution >= 4 is 23.6 Å². The van der Waals surface area contributed by atoms with Crippen molar-refractivity contribution in [3.05, 3.63) is 53.9 Å². The molecule has 23 heavy (non-hydrogen) atoms. The van der Waals surface area contributed by atoms with Crippen LogP contribution in [0.3, 0.4) is 0 Å². The lowest BCUT2D eigenvalue weighted by molar-refractivity contribution is -0.138. The zero-order valence-corrected chi connectivity index (χ0v) is 12.8. The average Bonchev–Trinajstić information content (AvgIpc) is 2.73. The maximum Gasteiger partial charge on any atom is 0.334 e. The van der Waals surface area contributed by atoms with Gasteiger partial charge in [-0.2, -0.15) is 0 Å². The van der Waals surface area contributed by atoms with E-state index in [9.17, 15) is 4.79 Å². The standard InChI is InChI=1S/C18H17N3O2/c1-2-23-18(22)15-10-14-9-13(12-5-7-20-8-6-12)3-4-16(14)21-17(19)11-15/h3-10H,2,11H2,1H3,(H2,19,21). The first-order valence-corrected chi connectivity index (χ1v) is 7.42. The van der Waals surface area contributed by atoms with Gasteiger partial charge in [-0.25, -0.2) is 9.79 Å². The second-order valence-corrected chi connectivity index (χ2v) is 5.18. The molecule has 1 aliphatic rings. The highest BCUT2D eigenvalue weighted by Gasteiger charge is 2.17. The zero-order chi connectivity index (χ0) is 16.2. The highest BCUT2D eigenvalue weighted by molar-refractivity contribution is 6.03. The van der Waals surface area contributed by atoms with Crippen molar-refractivity contribution in [3.63, 3.8) is 0 Å². The summed E-state index contributed by atoms with van der Waals surface area (Å²) in [6.45, 7) is 2.11. The average molecular weight is 307 g/mol. The van der Waals surface area contributed by atoms with Gasteiger partial charge in [-0.3, -0.25) is 4.98 Å². The van der Waals surface area contributed by atoms with Crippen molar-refractivity contribution in [2.75, 3.05) is 6.61 Å². The van der Waals surface area contributed by atoms with E-state index in [1.165, 1.54) is 0 Å². The Morgan fingerprint density at radius 1 is 1.22 bits per heavy atom. The summed E-state index contributed by atoms with van der Waals surface area (Å²) in [6.07, 6.45) is 5.59. The fourth-order valence-corrected chi connectivity index (χ4v) is 2.48. The summed E-state index contributed by atoms with van der Waals surface area (Å²) in [5.41, 5.74) is 10.1. The highest BCUT2D eigenvalue weighted by Crippen LogP contribution is 2.31. The summed E-state index contributed by atoms with van der Waals surface area (Å²) < 4.78 is 5.09. The summed E-state index contributed by atoms with van der Waals surface area (Å²) >= 11 is 0. The monoisotopic (exact) mass is 307 g/mol. The number of ether oxygens (including phenoxy) is 1. The van der Waals surface area contributed by atoms with Crippen molar-refractivity contribution in [2.24, 2.45) is 10.7 Å². The lowest BCUT2D eigenvalue weighted by atomic mass is 10.0. The van der Waals surface area contributed by atoms with Crippen LogP contribution in [0.1, 0.15) is 18.9 Å². The minimum Gasteiger partial charge on any atom is -0.463 e. The number of nitrogens with zero attached hydrogens (tertiary/aromatic N) is 2. The van der Waals surface area contributed by atoms with E-state index in [0.717, 1.165) is 22.4 Å². The SMILES string of the molecule is CCOC(=O)C1=Cc2cc(-c3ccncc3)ccc2N=C(N)C1. The van der Waals surface area contributed by atoms with Gasteiger partial charge in [-0.05, 0) is 48.4 Å². The molecule has 2 heterocycles. The van der Waals surface area contributed by atoms with Gasteiger partial charge in [0.05, 0.1) is 12.3 Å². The molecule has 3 rings (SSSR count). The number of amidine groups is 1. The molecule has 1 aromatic carbocycles. The van der Waals surface area contributed by atoms with Crippen molar-refractivity contribution in [1.82, 2.24) is 4.98 Å². The molecule has 1 aromatic heterocycles. The van der Waals surface area contributed by atoms with Gasteiger partial charge < -0.3 is 10.5 Å². The van der Waals surface area contributed by atoms with E-state index >= 15 is 0 Å². The smallest absolute Gasteiger partial charge is 0.334 e. The maximum atomic E-state index is 12.1. The molecule has 0 saturated carbocycles. The second-order valence-electron chi connectivity index (χ2n) is 5.18. The molecule has 5 heteroatoms. The van der Waals surface area contributed by atoms with Crippen LogP contribution >= 0.6 is 0 Å². The molecule has 2 aromatic rings. The lowest BCUT2D eigenvalue weighted by Crippen LogP contribution is -2.16. The Morgan fingerprint density at radius 3 is 2.74 bits per heavy atom. The van der Waals surface area contributed by atoms with Gasteiger partial charge in [0.15, 0.2) is 0 Å². The number of fused-ring (bicyclic) bond motifs is 1. The van der Waals surface area contributed by atoms with Crippen LogP contribution < -0.4 is 5.73 Å². The van der Waals surface area contributed by atoms with E-state index in [0.29, 0.717) is 18.0 Å². The largest absolute Gasteiger partial charge is 0.463 e. The van der Waals surface area contributed by atoms with Crippen molar-refractivity contribution in [2.45, 2.75) is 13.3 Å². The Balaban J connectivity index is 2.06. The molecule has 0 atom stereocenters. The first kappa shape index (κ1) is 15.0. The number of rotatable bonds is 3. The minimum absolute atomic E-state index is 0.290. The van der Waals surface area contributed by atoms with Crippen molar-refractivity contribution < 1.29 is 9.53 Å². The van der Waals surface area contributed by atoms with Crippen LogP contribution in [0.15, 0.2) is 53.3 Å². The second kappa shape index (κ2) is 6.44. The Labute approximate surface area is 134 Å². The van der Waals surface area contributed by atoms with Crippen LogP contribution in [0.25, 0.3) is 17.2 Å². The fourth-order valence-electron chi connectivity index (χ4n) is 2.48. The molecule has 0 saturated heterocycles. The summed E-state index contributed by atoms with van der Waals surface area (Å²) in [7, 11) is 0. The van der Waals surface area contributed by atoms with E-state index in [1.807, 2.05) is 30.3 Å². The predicted octanol–water partition coefficient (Wildman–Crippen LogP) is 3.09. The molecular formula is C18H17N3O2. The Morgan fingerprint density at radius 2 is 2.00 bits per heavy atom. The summed E-state index contributed by atoms with van der Waals surface area (Å²) in [5.74, 6) is 0.0486. The number of nitrogens with two attached hydrogens (primary N) is 1. The third-order valence-electron chi connectivity index (χ3n) is 3.54. The van der Waals surface area contributed by atoms with Gasteiger partial charge in [-0.1, -0.05) is 6.07 Å². The third-order valence-corrected chi connectivity index (χ3v) is 3.54. The molecule has 0 aliphatic carbocycles. The number of esters is 1. The minimum atomic E-state index is -0.354. The Hall–Kier alpha value is -2.95. The normalized spacial score (nSPS) is 13.4. The van der Waals surface area contributed by atoms with Gasteiger partial charge in [0, 0.05) is 30.0 Å². The fraction of sp³-hybridized carbons (Fsp3) is 0.167. The molecule has 116 valence electrons. The van der Waals surface area contributed by atoms with Gasteiger partial charge in [0.2, 0.25) is 0 Å². The topological polar surface area (TPSA) is 77.6 Å². The number of aromatic nitrogens is 1. The Bertz CT molecular complexity index is 795. The molecule has 5 nitrogen and oxygen atoms in total. The van der Waals surface area contributed by atoms with E-state index in [1.54, 1.807) is 25.4 Å². The van der Waals surface area contributed by atoms with E-state index in [-0.39, 0.29) is 12.4 Å². The van der Waals surface area contributed by atoms with Gasteiger partial charge in [0.1, 0.15) is 5.84 Å². The van der Waals surface area contributed by atoms with Crippen LogP contribution in [0.4, 0.5) is 5.69 Å². The van der Waals surface area contributed by atoms with Crippen LogP contribution in [0.5, 0.6) is 0 Å². The van der Waals surface area contributed by atoms with Gasteiger partial charge >= 0.3 is 5.97 Å². The van der Waals surface area contributed by atoms with Crippen LogP contribution in [0, 0.1) is 0 Å². The molecule has 0 unspecified atom stereocenters. The van der Waals surface area contributed by atoms with E-state index in [4.69, 9.17) is 10.5 Å². The number of aliphatic imine (C=N–C) groups is 1. The maximum absolute atomic E-state index is 12.1. The first-order valence-electron chi connectivity index (χ1n) is 7.42. The molecule has 1 aliphatic heterocycles. The summed E-state index contributed by atoms with van der Waals surface area (Å²) in [5, 5.41) is 0. The lowest BCUT2D eigenvalue weighted by Gasteiger charge is -2.06. The van der Waals surface area contributed by atoms with Gasteiger partial charge in [-0.15, -0.1) is 0 Å². The quantitative estimate of drug-likeness (QED) is 0.884. The zero-order valence-electron chi connectivity index (χ0n) is 12.8. The predicted molar refractivity (Wildman–Crippen MR) is 90.2 cm³/mol. The van der Waals surface area contributed by atoms with Crippen molar-refractivity contribution in [1.29, 1.82) is 0 Å². The van der Waals surface area contributed by atoms with Crippen LogP contribution in [-0.2, 0) is 9.53 Å². The van der Waals surface area contributed by atoms with Crippen molar-refractivity contribution in [3.8, 4) is 11.1 Å². The molecular weight excluding hydrogens is 290 g/mol. The Kier molecular flexibility index (Phi) is 4.19.